The molecule has 3 rings (SSSR count). The monoisotopic (exact) mass is 279 g/mol. The summed E-state index contributed by atoms with van der Waals surface area (Å²) in [5.41, 5.74) is 0.117. The van der Waals surface area contributed by atoms with Crippen LogP contribution in [0.1, 0.15) is 39.2 Å². The van der Waals surface area contributed by atoms with Crippen LogP contribution in [0.15, 0.2) is 12.4 Å². The fourth-order valence-corrected chi connectivity index (χ4v) is 3.31. The maximum Gasteiger partial charge on any atom is 0.0958 e. The number of fused-ring (bicyclic) bond motifs is 2. The summed E-state index contributed by atoms with van der Waals surface area (Å²) in [7, 11) is 2.13. The highest BCUT2D eigenvalue weighted by Crippen LogP contribution is 2.40. The predicted octanol–water partition coefficient (Wildman–Crippen LogP) is 1.32. The van der Waals surface area contributed by atoms with Gasteiger partial charge in [0.25, 0.3) is 0 Å². The van der Waals surface area contributed by atoms with Gasteiger partial charge in [-0.05, 0) is 40.7 Å². The van der Waals surface area contributed by atoms with E-state index in [-0.39, 0.29) is 5.54 Å². The van der Waals surface area contributed by atoms with Crippen LogP contribution in [0.5, 0.6) is 0 Å². The van der Waals surface area contributed by atoms with Crippen LogP contribution in [0, 0.1) is 0 Å². The van der Waals surface area contributed by atoms with Crippen LogP contribution < -0.4 is 0 Å². The molecule has 20 heavy (non-hydrogen) atoms. The van der Waals surface area contributed by atoms with E-state index in [4.69, 9.17) is 4.74 Å². The topological polar surface area (TPSA) is 50.5 Å². The van der Waals surface area contributed by atoms with Gasteiger partial charge in [-0.2, -0.15) is 5.10 Å². The van der Waals surface area contributed by atoms with Gasteiger partial charge >= 0.3 is 0 Å². The van der Waals surface area contributed by atoms with Crippen molar-refractivity contribution in [1.82, 2.24) is 14.7 Å². The van der Waals surface area contributed by atoms with Crippen LogP contribution in [0.25, 0.3) is 0 Å². The van der Waals surface area contributed by atoms with Gasteiger partial charge in [-0.25, -0.2) is 0 Å². The van der Waals surface area contributed by atoms with Crippen LogP contribution in [-0.2, 0) is 15.9 Å². The molecule has 2 aliphatic rings. The van der Waals surface area contributed by atoms with Gasteiger partial charge < -0.3 is 9.84 Å². The summed E-state index contributed by atoms with van der Waals surface area (Å²) in [6.07, 6.45) is 5.26. The first-order chi connectivity index (χ1) is 9.29. The molecule has 2 fully saturated rings. The standard InChI is InChI=1S/C15H25N3O2/c1-14(2,3)18-8-11(7-16-18)15(19)5-12-9-20-10-13(6-15)17(12)4/h7-8,12-13,19H,5-6,9-10H2,1-4H3. The number of ether oxygens (including phenoxy) is 1. The predicted molar refractivity (Wildman–Crippen MR) is 76.5 cm³/mol. The number of morpholine rings is 1. The molecule has 2 saturated heterocycles. The fourth-order valence-electron chi connectivity index (χ4n) is 3.31. The molecule has 0 radical (unpaired) electrons. The lowest BCUT2D eigenvalue weighted by Gasteiger charge is -2.50. The Kier molecular flexibility index (Phi) is 3.19. The third-order valence-corrected chi connectivity index (χ3v) is 4.73. The number of piperidine rings is 1. The maximum atomic E-state index is 11.1. The van der Waals surface area contributed by atoms with E-state index in [2.05, 4.69) is 37.8 Å². The van der Waals surface area contributed by atoms with Crippen molar-refractivity contribution < 1.29 is 9.84 Å². The van der Waals surface area contributed by atoms with Crippen LogP contribution in [-0.4, -0.2) is 52.1 Å². The van der Waals surface area contributed by atoms with Gasteiger partial charge in [0.2, 0.25) is 0 Å². The Hall–Kier alpha value is -0.910. The average Bonchev–Trinajstić information content (AvgIpc) is 2.81. The normalized spacial score (nSPS) is 35.2. The Morgan fingerprint density at radius 2 is 1.90 bits per heavy atom. The van der Waals surface area contributed by atoms with Crippen molar-refractivity contribution >= 4 is 0 Å². The molecular weight excluding hydrogens is 254 g/mol. The first kappa shape index (κ1) is 14.0. The lowest BCUT2D eigenvalue weighted by Crippen LogP contribution is -2.59. The van der Waals surface area contributed by atoms with Gasteiger partial charge in [0.1, 0.15) is 0 Å². The lowest BCUT2D eigenvalue weighted by atomic mass is 9.78. The van der Waals surface area contributed by atoms with Gasteiger partial charge in [-0.1, -0.05) is 0 Å². The molecule has 2 bridgehead atoms. The highest BCUT2D eigenvalue weighted by atomic mass is 16.5. The van der Waals surface area contributed by atoms with E-state index >= 15 is 0 Å². The molecule has 1 aromatic rings. The molecule has 5 heteroatoms. The molecule has 0 spiro atoms. The molecular formula is C15H25N3O2. The van der Waals surface area contributed by atoms with Crippen molar-refractivity contribution in [2.24, 2.45) is 0 Å². The molecule has 3 heterocycles. The summed E-state index contributed by atoms with van der Waals surface area (Å²) < 4.78 is 7.56. The first-order valence-electron chi connectivity index (χ1n) is 7.37. The molecule has 0 aliphatic carbocycles. The number of hydrogen-bond donors (Lipinski definition) is 1. The number of likely N-dealkylation sites (N-methyl/N-ethyl adjacent to an activating group) is 1. The second-order valence-electron chi connectivity index (χ2n) is 7.29. The minimum atomic E-state index is -0.769. The summed E-state index contributed by atoms with van der Waals surface area (Å²) in [6.45, 7) is 7.77. The number of nitrogens with zero attached hydrogens (tertiary/aromatic N) is 3. The van der Waals surface area contributed by atoms with Gasteiger partial charge in [0.15, 0.2) is 0 Å². The Balaban J connectivity index is 1.87. The number of hydrogen-bond acceptors (Lipinski definition) is 4. The number of aliphatic hydroxyl groups is 1. The summed E-state index contributed by atoms with van der Waals surface area (Å²) >= 11 is 0. The van der Waals surface area contributed by atoms with E-state index in [1.54, 1.807) is 0 Å². The van der Waals surface area contributed by atoms with Crippen LogP contribution in [0.3, 0.4) is 0 Å². The molecule has 1 aromatic heterocycles. The summed E-state index contributed by atoms with van der Waals surface area (Å²) in [4.78, 5) is 2.35. The van der Waals surface area contributed by atoms with Crippen LogP contribution >= 0.6 is 0 Å². The van der Waals surface area contributed by atoms with Gasteiger partial charge in [-0.3, -0.25) is 9.58 Å². The zero-order valence-corrected chi connectivity index (χ0v) is 12.8. The van der Waals surface area contributed by atoms with Crippen molar-refractivity contribution in [2.75, 3.05) is 20.3 Å². The van der Waals surface area contributed by atoms with Gasteiger partial charge in [0.05, 0.1) is 30.6 Å². The Morgan fingerprint density at radius 1 is 1.30 bits per heavy atom. The fraction of sp³-hybridized carbons (Fsp3) is 0.800. The maximum absolute atomic E-state index is 11.1. The second kappa shape index (κ2) is 4.55. The highest BCUT2D eigenvalue weighted by Gasteiger charge is 2.46. The number of rotatable bonds is 1. The zero-order chi connectivity index (χ0) is 14.5. The van der Waals surface area contributed by atoms with E-state index in [9.17, 15) is 5.11 Å². The largest absolute Gasteiger partial charge is 0.385 e. The first-order valence-corrected chi connectivity index (χ1v) is 7.37. The van der Waals surface area contributed by atoms with Crippen molar-refractivity contribution in [3.63, 3.8) is 0 Å². The smallest absolute Gasteiger partial charge is 0.0958 e. The van der Waals surface area contributed by atoms with E-state index in [0.29, 0.717) is 25.3 Å². The summed E-state index contributed by atoms with van der Waals surface area (Å²) in [5.74, 6) is 0. The van der Waals surface area contributed by atoms with E-state index in [1.165, 1.54) is 0 Å². The minimum absolute atomic E-state index is 0.0565. The second-order valence-corrected chi connectivity index (χ2v) is 7.29. The SMILES string of the molecule is CN1C2COCC1CC(O)(c1cnn(C(C)(C)C)c1)C2. The Morgan fingerprint density at radius 3 is 2.40 bits per heavy atom. The van der Waals surface area contributed by atoms with Crippen molar-refractivity contribution in [2.45, 2.75) is 56.8 Å². The third-order valence-electron chi connectivity index (χ3n) is 4.73. The molecule has 2 aliphatic heterocycles. The van der Waals surface area contributed by atoms with E-state index in [1.807, 2.05) is 17.1 Å². The van der Waals surface area contributed by atoms with Crippen molar-refractivity contribution in [1.29, 1.82) is 0 Å². The molecule has 0 aromatic carbocycles. The molecule has 0 amide bonds. The van der Waals surface area contributed by atoms with Crippen molar-refractivity contribution in [3.8, 4) is 0 Å². The summed E-state index contributed by atoms with van der Waals surface area (Å²) in [5, 5.41) is 15.5. The molecule has 1 N–H and O–H groups in total. The molecule has 0 saturated carbocycles. The Labute approximate surface area is 120 Å². The number of aromatic nitrogens is 2. The molecule has 5 nitrogen and oxygen atoms in total. The highest BCUT2D eigenvalue weighted by molar-refractivity contribution is 5.19. The minimum Gasteiger partial charge on any atom is -0.385 e. The van der Waals surface area contributed by atoms with Crippen LogP contribution in [0.4, 0.5) is 0 Å². The zero-order valence-electron chi connectivity index (χ0n) is 12.8. The molecule has 112 valence electrons. The quantitative estimate of drug-likeness (QED) is 0.842. The van der Waals surface area contributed by atoms with Gasteiger partial charge in [-0.15, -0.1) is 0 Å². The Bertz CT molecular complexity index is 478. The van der Waals surface area contributed by atoms with Crippen LogP contribution in [0.2, 0.25) is 0 Å². The van der Waals surface area contributed by atoms with E-state index in [0.717, 1.165) is 18.4 Å². The molecule has 2 atom stereocenters. The summed E-state index contributed by atoms with van der Waals surface area (Å²) in [6, 6.07) is 0.593. The third kappa shape index (κ3) is 2.28. The average molecular weight is 279 g/mol. The lowest BCUT2D eigenvalue weighted by molar-refractivity contribution is -0.137. The van der Waals surface area contributed by atoms with Crippen molar-refractivity contribution in [3.05, 3.63) is 18.0 Å². The van der Waals surface area contributed by atoms with E-state index < -0.39 is 5.60 Å². The van der Waals surface area contributed by atoms with Gasteiger partial charge in [0, 0.05) is 23.8 Å². The molecule has 2 unspecified atom stereocenters.